The molecule has 1 aliphatic rings. The van der Waals surface area contributed by atoms with E-state index in [-0.39, 0.29) is 0 Å². The first-order valence-electron chi connectivity index (χ1n) is 4.79. The number of halogens is 3. The molecule has 0 amide bonds. The normalized spacial score (nSPS) is 17.8. The van der Waals surface area contributed by atoms with Gasteiger partial charge in [-0.2, -0.15) is 0 Å². The van der Waals surface area contributed by atoms with Gasteiger partial charge in [-0.1, -0.05) is 15.9 Å². The predicted molar refractivity (Wildman–Crippen MR) is 62.5 cm³/mol. The fourth-order valence-corrected chi connectivity index (χ4v) is 3.53. The van der Waals surface area contributed by atoms with Crippen LogP contribution in [-0.2, 0) is 0 Å². The second kappa shape index (κ2) is 4.42. The van der Waals surface area contributed by atoms with E-state index in [2.05, 4.69) is 15.9 Å². The van der Waals surface area contributed by atoms with Gasteiger partial charge in [-0.05, 0) is 36.5 Å². The van der Waals surface area contributed by atoms with E-state index >= 15 is 0 Å². The summed E-state index contributed by atoms with van der Waals surface area (Å²) in [6.07, 6.45) is 2.46. The number of thioether (sulfide) groups is 1. The highest BCUT2D eigenvalue weighted by Crippen LogP contribution is 2.50. The average molecular weight is 293 g/mol. The summed E-state index contributed by atoms with van der Waals surface area (Å²) in [6, 6.07) is 4.09. The number of benzene rings is 1. The number of rotatable bonds is 4. The van der Waals surface area contributed by atoms with Crippen LogP contribution in [0.3, 0.4) is 0 Å². The minimum atomic E-state index is -0.777. The van der Waals surface area contributed by atoms with Crippen molar-refractivity contribution in [2.75, 3.05) is 11.1 Å². The van der Waals surface area contributed by atoms with Gasteiger partial charge in [-0.3, -0.25) is 0 Å². The minimum Gasteiger partial charge on any atom is -0.204 e. The van der Waals surface area contributed by atoms with Crippen LogP contribution in [-0.4, -0.2) is 11.1 Å². The number of hydrogen-bond donors (Lipinski definition) is 0. The summed E-state index contributed by atoms with van der Waals surface area (Å²) < 4.78 is 25.6. The lowest BCUT2D eigenvalue weighted by Crippen LogP contribution is -2.04. The van der Waals surface area contributed by atoms with Crippen LogP contribution < -0.4 is 0 Å². The molecular weight excluding hydrogens is 282 g/mol. The summed E-state index contributed by atoms with van der Waals surface area (Å²) >= 11 is 5.09. The maximum atomic E-state index is 12.9. The molecule has 1 aromatic rings. The zero-order chi connectivity index (χ0) is 10.9. The van der Waals surface area contributed by atoms with Gasteiger partial charge in [0.1, 0.15) is 0 Å². The molecule has 0 unspecified atom stereocenters. The highest BCUT2D eigenvalue weighted by Gasteiger charge is 2.41. The van der Waals surface area contributed by atoms with E-state index in [0.29, 0.717) is 5.41 Å². The maximum absolute atomic E-state index is 12.9. The van der Waals surface area contributed by atoms with E-state index in [1.54, 1.807) is 17.8 Å². The summed E-state index contributed by atoms with van der Waals surface area (Å²) in [4.78, 5) is 0.807. The first kappa shape index (κ1) is 11.4. The van der Waals surface area contributed by atoms with E-state index < -0.39 is 11.6 Å². The first-order valence-corrected chi connectivity index (χ1v) is 6.90. The van der Waals surface area contributed by atoms with Crippen molar-refractivity contribution in [3.05, 3.63) is 29.8 Å². The monoisotopic (exact) mass is 292 g/mol. The zero-order valence-corrected chi connectivity index (χ0v) is 10.5. The number of alkyl halides is 1. The molecule has 0 aromatic heterocycles. The number of hydrogen-bond acceptors (Lipinski definition) is 1. The Bertz CT molecular complexity index is 364. The lowest BCUT2D eigenvalue weighted by molar-refractivity contribution is 0.506. The molecule has 82 valence electrons. The maximum Gasteiger partial charge on any atom is 0.159 e. The standard InChI is InChI=1S/C11H11BrF2S/c12-6-11(3-4-11)7-15-8-1-2-9(13)10(14)5-8/h1-2,5H,3-4,6-7H2. The third kappa shape index (κ3) is 2.72. The highest BCUT2D eigenvalue weighted by molar-refractivity contribution is 9.09. The smallest absolute Gasteiger partial charge is 0.159 e. The lowest BCUT2D eigenvalue weighted by Gasteiger charge is -2.10. The molecule has 2 rings (SSSR count). The van der Waals surface area contributed by atoms with Gasteiger partial charge in [-0.15, -0.1) is 11.8 Å². The zero-order valence-electron chi connectivity index (χ0n) is 8.10. The first-order chi connectivity index (χ1) is 7.15. The molecule has 0 saturated heterocycles. The van der Waals surface area contributed by atoms with Gasteiger partial charge in [0.05, 0.1) is 0 Å². The fraction of sp³-hybridized carbons (Fsp3) is 0.455. The van der Waals surface area contributed by atoms with Crippen LogP contribution in [0.15, 0.2) is 23.1 Å². The van der Waals surface area contributed by atoms with Gasteiger partial charge in [0, 0.05) is 16.0 Å². The Morgan fingerprint density at radius 3 is 2.53 bits per heavy atom. The minimum absolute atomic E-state index is 0.398. The largest absolute Gasteiger partial charge is 0.204 e. The summed E-state index contributed by atoms with van der Waals surface area (Å²) in [7, 11) is 0. The molecule has 15 heavy (non-hydrogen) atoms. The van der Waals surface area contributed by atoms with Crippen LogP contribution in [0.5, 0.6) is 0 Å². The topological polar surface area (TPSA) is 0 Å². The molecule has 0 N–H and O–H groups in total. The van der Waals surface area contributed by atoms with E-state index in [0.717, 1.165) is 16.0 Å². The fourth-order valence-electron chi connectivity index (χ4n) is 1.30. The molecule has 0 spiro atoms. The van der Waals surface area contributed by atoms with Crippen LogP contribution >= 0.6 is 27.7 Å². The predicted octanol–water partition coefficient (Wildman–Crippen LogP) is 4.23. The van der Waals surface area contributed by atoms with Crippen molar-refractivity contribution in [2.45, 2.75) is 17.7 Å². The van der Waals surface area contributed by atoms with E-state index in [4.69, 9.17) is 0 Å². The van der Waals surface area contributed by atoms with Gasteiger partial charge in [0.25, 0.3) is 0 Å². The third-order valence-corrected chi connectivity index (χ3v) is 5.21. The lowest BCUT2D eigenvalue weighted by atomic mass is 10.2. The van der Waals surface area contributed by atoms with E-state index in [9.17, 15) is 8.78 Å². The summed E-state index contributed by atoms with van der Waals surface area (Å²) in [5.41, 5.74) is 0.398. The van der Waals surface area contributed by atoms with E-state index in [1.807, 2.05) is 0 Å². The summed E-state index contributed by atoms with van der Waals surface area (Å²) in [6.45, 7) is 0. The molecule has 0 nitrogen and oxygen atoms in total. The summed E-state index contributed by atoms with van der Waals surface area (Å²) in [5.74, 6) is -0.562. The van der Waals surface area contributed by atoms with Gasteiger partial charge < -0.3 is 0 Å². The van der Waals surface area contributed by atoms with Crippen molar-refractivity contribution in [1.29, 1.82) is 0 Å². The molecule has 0 atom stereocenters. The van der Waals surface area contributed by atoms with Gasteiger partial charge in [-0.25, -0.2) is 8.78 Å². The van der Waals surface area contributed by atoms with Crippen molar-refractivity contribution in [2.24, 2.45) is 5.41 Å². The van der Waals surface area contributed by atoms with Crippen molar-refractivity contribution in [3.63, 3.8) is 0 Å². The van der Waals surface area contributed by atoms with E-state index in [1.165, 1.54) is 25.0 Å². The van der Waals surface area contributed by atoms with Crippen molar-refractivity contribution < 1.29 is 8.78 Å². The Labute approximate surface area is 101 Å². The van der Waals surface area contributed by atoms with Crippen LogP contribution in [0.1, 0.15) is 12.8 Å². The molecule has 0 aliphatic heterocycles. The Hall–Kier alpha value is -0.0900. The Kier molecular flexibility index (Phi) is 3.36. The van der Waals surface area contributed by atoms with Crippen LogP contribution in [0.25, 0.3) is 0 Å². The van der Waals surface area contributed by atoms with Crippen LogP contribution in [0.2, 0.25) is 0 Å². The van der Waals surface area contributed by atoms with Crippen molar-refractivity contribution in [3.8, 4) is 0 Å². The van der Waals surface area contributed by atoms with Gasteiger partial charge in [0.2, 0.25) is 0 Å². The van der Waals surface area contributed by atoms with Crippen LogP contribution in [0, 0.1) is 17.0 Å². The Morgan fingerprint density at radius 2 is 2.00 bits per heavy atom. The molecule has 1 aliphatic carbocycles. The SMILES string of the molecule is Fc1ccc(SCC2(CBr)CC2)cc1F. The van der Waals surface area contributed by atoms with Crippen molar-refractivity contribution in [1.82, 2.24) is 0 Å². The molecule has 1 aromatic carbocycles. The van der Waals surface area contributed by atoms with Gasteiger partial charge in [0.15, 0.2) is 11.6 Å². The Morgan fingerprint density at radius 1 is 1.27 bits per heavy atom. The second-order valence-corrected chi connectivity index (χ2v) is 5.61. The average Bonchev–Trinajstić information content (AvgIpc) is 3.01. The summed E-state index contributed by atoms with van der Waals surface area (Å²) in [5, 5.41) is 0.997. The molecule has 1 fully saturated rings. The highest BCUT2D eigenvalue weighted by atomic mass is 79.9. The third-order valence-electron chi connectivity index (χ3n) is 2.68. The molecule has 1 saturated carbocycles. The van der Waals surface area contributed by atoms with Crippen LogP contribution in [0.4, 0.5) is 8.78 Å². The molecule has 4 heteroatoms. The Balaban J connectivity index is 1.96. The van der Waals surface area contributed by atoms with Crippen molar-refractivity contribution >= 4 is 27.7 Å². The molecular formula is C11H11BrF2S. The second-order valence-electron chi connectivity index (χ2n) is 4.00. The molecule has 0 radical (unpaired) electrons. The van der Waals surface area contributed by atoms with Gasteiger partial charge >= 0.3 is 0 Å². The quantitative estimate of drug-likeness (QED) is 0.591. The molecule has 0 bridgehead atoms. The molecule has 0 heterocycles.